The number of primary sulfonamides is 1. The molecule has 0 aromatic carbocycles. The predicted molar refractivity (Wildman–Crippen MR) is 74.9 cm³/mol. The van der Waals surface area contributed by atoms with Crippen molar-refractivity contribution < 1.29 is 8.42 Å². The fraction of sp³-hybridized carbons (Fsp3) is 0.600. The molecule has 0 unspecified atom stereocenters. The van der Waals surface area contributed by atoms with Crippen LogP contribution in [0.2, 0.25) is 0 Å². The highest BCUT2D eigenvalue weighted by atomic mass is 32.2. The standard InChI is InChI=1S/C10H20N6O2S/c1-2-4-8-14-9(7-10(15-8)16-11)13-5-3-6-19(12,17)18/h7H,2-6,11H2,1H3,(H2,12,17,18)(H2,13,14,15,16). The summed E-state index contributed by atoms with van der Waals surface area (Å²) in [6, 6.07) is 1.66. The van der Waals surface area contributed by atoms with Crippen molar-refractivity contribution in [2.75, 3.05) is 23.0 Å². The molecule has 1 aromatic heterocycles. The Bertz CT molecular complexity index is 505. The van der Waals surface area contributed by atoms with E-state index in [-0.39, 0.29) is 5.75 Å². The summed E-state index contributed by atoms with van der Waals surface area (Å²) in [5.41, 5.74) is 2.47. The smallest absolute Gasteiger partial charge is 0.209 e. The van der Waals surface area contributed by atoms with E-state index < -0.39 is 10.0 Å². The van der Waals surface area contributed by atoms with E-state index >= 15 is 0 Å². The predicted octanol–water partition coefficient (Wildman–Crippen LogP) is -0.195. The molecule has 0 amide bonds. The Morgan fingerprint density at radius 2 is 2.00 bits per heavy atom. The number of hydrogen-bond acceptors (Lipinski definition) is 7. The number of sulfonamides is 1. The summed E-state index contributed by atoms with van der Waals surface area (Å²) in [7, 11) is -3.41. The molecule has 0 atom stereocenters. The summed E-state index contributed by atoms with van der Waals surface area (Å²) in [6.45, 7) is 2.49. The van der Waals surface area contributed by atoms with Gasteiger partial charge in [0.05, 0.1) is 5.75 Å². The van der Waals surface area contributed by atoms with Gasteiger partial charge >= 0.3 is 0 Å². The van der Waals surface area contributed by atoms with Crippen molar-refractivity contribution in [1.82, 2.24) is 9.97 Å². The SMILES string of the molecule is CCCc1nc(NN)cc(NCCCS(N)(=O)=O)n1. The van der Waals surface area contributed by atoms with Crippen LogP contribution < -0.4 is 21.7 Å². The van der Waals surface area contributed by atoms with Gasteiger partial charge in [-0.05, 0) is 12.8 Å². The first kappa shape index (κ1) is 15.6. The Kier molecular flexibility index (Phi) is 5.93. The van der Waals surface area contributed by atoms with Crippen molar-refractivity contribution in [1.29, 1.82) is 0 Å². The maximum absolute atomic E-state index is 10.8. The molecule has 6 N–H and O–H groups in total. The quantitative estimate of drug-likeness (QED) is 0.295. The highest BCUT2D eigenvalue weighted by molar-refractivity contribution is 7.89. The summed E-state index contributed by atoms with van der Waals surface area (Å²) in [5.74, 6) is 7.09. The highest BCUT2D eigenvalue weighted by Gasteiger charge is 2.05. The average molecular weight is 288 g/mol. The molecule has 0 saturated carbocycles. The maximum atomic E-state index is 10.8. The van der Waals surface area contributed by atoms with E-state index in [9.17, 15) is 8.42 Å². The number of aryl methyl sites for hydroxylation is 1. The van der Waals surface area contributed by atoms with Crippen molar-refractivity contribution in [3.05, 3.63) is 11.9 Å². The summed E-state index contributed by atoms with van der Waals surface area (Å²) in [5, 5.41) is 7.94. The summed E-state index contributed by atoms with van der Waals surface area (Å²) >= 11 is 0. The second-order valence-corrected chi connectivity index (χ2v) is 5.83. The van der Waals surface area contributed by atoms with Crippen LogP contribution in [0, 0.1) is 0 Å². The summed E-state index contributed by atoms with van der Waals surface area (Å²) in [4.78, 5) is 8.51. The Morgan fingerprint density at radius 1 is 1.32 bits per heavy atom. The van der Waals surface area contributed by atoms with Gasteiger partial charge in [0.2, 0.25) is 10.0 Å². The third-order valence-corrected chi connectivity index (χ3v) is 3.16. The third kappa shape index (κ3) is 6.32. The van der Waals surface area contributed by atoms with E-state index in [4.69, 9.17) is 11.0 Å². The van der Waals surface area contributed by atoms with Crippen molar-refractivity contribution in [2.45, 2.75) is 26.2 Å². The van der Waals surface area contributed by atoms with E-state index in [2.05, 4.69) is 20.7 Å². The number of aromatic nitrogens is 2. The lowest BCUT2D eigenvalue weighted by molar-refractivity contribution is 0.595. The molecule has 108 valence electrons. The van der Waals surface area contributed by atoms with Crippen LogP contribution in [0.4, 0.5) is 11.6 Å². The number of nitrogens with zero attached hydrogens (tertiary/aromatic N) is 2. The number of hydrogen-bond donors (Lipinski definition) is 4. The van der Waals surface area contributed by atoms with E-state index in [1.165, 1.54) is 0 Å². The third-order valence-electron chi connectivity index (χ3n) is 2.31. The molecule has 8 nitrogen and oxygen atoms in total. The summed E-state index contributed by atoms with van der Waals surface area (Å²) in [6.07, 6.45) is 2.09. The molecular formula is C10H20N6O2S. The molecule has 0 radical (unpaired) electrons. The van der Waals surface area contributed by atoms with Crippen molar-refractivity contribution in [2.24, 2.45) is 11.0 Å². The Labute approximate surface area is 113 Å². The average Bonchev–Trinajstić information content (AvgIpc) is 2.34. The minimum absolute atomic E-state index is 0.0606. The van der Waals surface area contributed by atoms with Gasteiger partial charge in [0, 0.05) is 19.0 Å². The zero-order valence-electron chi connectivity index (χ0n) is 10.9. The van der Waals surface area contributed by atoms with Gasteiger partial charge in [0.1, 0.15) is 17.5 Å². The Morgan fingerprint density at radius 3 is 2.58 bits per heavy atom. The number of anilines is 2. The molecule has 0 aliphatic heterocycles. The normalized spacial score (nSPS) is 11.3. The molecule has 0 fully saturated rings. The van der Waals surface area contributed by atoms with Gasteiger partial charge in [-0.3, -0.25) is 0 Å². The molecule has 1 heterocycles. The zero-order valence-corrected chi connectivity index (χ0v) is 11.7. The topological polar surface area (TPSA) is 136 Å². The van der Waals surface area contributed by atoms with Gasteiger partial charge in [0.15, 0.2) is 0 Å². The molecule has 0 aliphatic carbocycles. The lowest BCUT2D eigenvalue weighted by atomic mass is 10.3. The lowest BCUT2D eigenvalue weighted by Crippen LogP contribution is -2.19. The van der Waals surface area contributed by atoms with Crippen LogP contribution in [-0.4, -0.2) is 30.7 Å². The van der Waals surface area contributed by atoms with Crippen LogP contribution in [0.1, 0.15) is 25.6 Å². The molecule has 1 rings (SSSR count). The van der Waals surface area contributed by atoms with E-state index in [0.717, 1.165) is 12.8 Å². The van der Waals surface area contributed by atoms with E-state index in [0.29, 0.717) is 30.4 Å². The first-order valence-electron chi connectivity index (χ1n) is 6.03. The van der Waals surface area contributed by atoms with Crippen molar-refractivity contribution in [3.8, 4) is 0 Å². The number of nitrogens with two attached hydrogens (primary N) is 2. The van der Waals surface area contributed by atoms with Crippen molar-refractivity contribution in [3.63, 3.8) is 0 Å². The van der Waals surface area contributed by atoms with Crippen LogP contribution in [0.25, 0.3) is 0 Å². The minimum Gasteiger partial charge on any atom is -0.370 e. The molecule has 0 spiro atoms. The molecule has 0 bridgehead atoms. The van der Waals surface area contributed by atoms with Crippen LogP contribution >= 0.6 is 0 Å². The van der Waals surface area contributed by atoms with Gasteiger partial charge < -0.3 is 10.7 Å². The largest absolute Gasteiger partial charge is 0.370 e. The number of nitrogens with one attached hydrogen (secondary N) is 2. The fourth-order valence-corrected chi connectivity index (χ4v) is 2.03. The van der Waals surface area contributed by atoms with E-state index in [1.807, 2.05) is 6.92 Å². The van der Waals surface area contributed by atoms with Crippen LogP contribution in [-0.2, 0) is 16.4 Å². The van der Waals surface area contributed by atoms with Crippen molar-refractivity contribution >= 4 is 21.7 Å². The second-order valence-electron chi connectivity index (χ2n) is 4.10. The first-order chi connectivity index (χ1) is 8.94. The minimum atomic E-state index is -3.41. The Hall–Kier alpha value is -1.45. The second kappa shape index (κ2) is 7.22. The molecule has 0 saturated heterocycles. The number of rotatable bonds is 8. The maximum Gasteiger partial charge on any atom is 0.209 e. The van der Waals surface area contributed by atoms with E-state index in [1.54, 1.807) is 6.07 Å². The number of nitrogen functional groups attached to an aromatic ring is 1. The van der Waals surface area contributed by atoms with Crippen LogP contribution in [0.15, 0.2) is 6.07 Å². The summed E-state index contributed by atoms with van der Waals surface area (Å²) < 4.78 is 21.6. The monoisotopic (exact) mass is 288 g/mol. The lowest BCUT2D eigenvalue weighted by Gasteiger charge is -2.09. The van der Waals surface area contributed by atoms with Gasteiger partial charge in [0.25, 0.3) is 0 Å². The molecule has 9 heteroatoms. The molecule has 1 aromatic rings. The van der Waals surface area contributed by atoms with Gasteiger partial charge in [-0.2, -0.15) is 0 Å². The van der Waals surface area contributed by atoms with Crippen LogP contribution in [0.3, 0.4) is 0 Å². The fourth-order valence-electron chi connectivity index (χ4n) is 1.49. The van der Waals surface area contributed by atoms with Gasteiger partial charge in [-0.25, -0.2) is 29.4 Å². The van der Waals surface area contributed by atoms with Crippen LogP contribution in [0.5, 0.6) is 0 Å². The molecule has 0 aliphatic rings. The van der Waals surface area contributed by atoms with Gasteiger partial charge in [-0.1, -0.05) is 6.92 Å². The van der Waals surface area contributed by atoms with Gasteiger partial charge in [-0.15, -0.1) is 0 Å². The molecule has 19 heavy (non-hydrogen) atoms. The first-order valence-corrected chi connectivity index (χ1v) is 7.75. The zero-order chi connectivity index (χ0) is 14.3. The highest BCUT2D eigenvalue weighted by Crippen LogP contribution is 2.11. The number of hydrazine groups is 1. The Balaban J connectivity index is 2.59. The molecular weight excluding hydrogens is 268 g/mol.